The lowest BCUT2D eigenvalue weighted by Gasteiger charge is -2.22. The number of rotatable bonds is 0. The summed E-state index contributed by atoms with van der Waals surface area (Å²) in [5.74, 6) is -0.220. The monoisotopic (exact) mass is 478 g/mol. The fourth-order valence-electron chi connectivity index (χ4n) is 4.31. The lowest BCUT2D eigenvalue weighted by molar-refractivity contribution is -0.117. The van der Waals surface area contributed by atoms with Gasteiger partial charge < -0.3 is 15.5 Å². The van der Waals surface area contributed by atoms with Crippen molar-refractivity contribution in [2.75, 3.05) is 13.6 Å². The molecule has 4 heterocycles. The van der Waals surface area contributed by atoms with Crippen molar-refractivity contribution in [2.24, 2.45) is 5.92 Å². The number of carbonyl (C=O) groups excluding carboxylic acids is 2. The van der Waals surface area contributed by atoms with Crippen molar-refractivity contribution in [3.8, 4) is 0 Å². The molecule has 0 saturated carbocycles. The third-order valence-corrected chi connectivity index (χ3v) is 7.76. The van der Waals surface area contributed by atoms with Gasteiger partial charge in [-0.1, -0.05) is 37.3 Å². The standard InChI is InChI=1S/C27H34N4O2S/c1-18-8-11-25-20-12-14-28-21(15-20)7-5-4-6-13-29-26(32)22-10-9-19(2)31(3)16-24(22)30-27(33)23(18)17-34-25/h10-12,14-19H,4-9,13H2,1-3H3,(H,29,32)(H,30,33). The van der Waals surface area contributed by atoms with Crippen molar-refractivity contribution in [1.82, 2.24) is 20.5 Å². The topological polar surface area (TPSA) is 74.3 Å². The van der Waals surface area contributed by atoms with E-state index in [4.69, 9.17) is 0 Å². The van der Waals surface area contributed by atoms with Gasteiger partial charge in [-0.15, -0.1) is 0 Å². The quantitative estimate of drug-likeness (QED) is 0.573. The van der Waals surface area contributed by atoms with E-state index in [1.54, 1.807) is 11.8 Å². The average Bonchev–Trinajstić information content (AvgIpc) is 3.09. The van der Waals surface area contributed by atoms with Crippen LogP contribution >= 0.6 is 11.8 Å². The molecule has 4 bridgehead atoms. The summed E-state index contributed by atoms with van der Waals surface area (Å²) in [6.45, 7) is 4.80. The molecule has 7 heteroatoms. The highest BCUT2D eigenvalue weighted by Gasteiger charge is 2.25. The first-order valence-electron chi connectivity index (χ1n) is 12.2. The van der Waals surface area contributed by atoms with Crippen LogP contribution in [0, 0.1) is 5.92 Å². The molecule has 6 nitrogen and oxygen atoms in total. The van der Waals surface area contributed by atoms with Crippen LogP contribution in [-0.2, 0) is 16.0 Å². The minimum atomic E-state index is -0.154. The third kappa shape index (κ3) is 5.81. The molecule has 2 atom stereocenters. The van der Waals surface area contributed by atoms with E-state index in [0.29, 0.717) is 17.8 Å². The normalized spacial score (nSPS) is 24.6. The van der Waals surface area contributed by atoms with Gasteiger partial charge in [0, 0.05) is 48.2 Å². The Hall–Kier alpha value is -2.80. The lowest BCUT2D eigenvalue weighted by Crippen LogP contribution is -2.34. The largest absolute Gasteiger partial charge is 0.376 e. The van der Waals surface area contributed by atoms with Crippen LogP contribution in [0.2, 0.25) is 0 Å². The summed E-state index contributed by atoms with van der Waals surface area (Å²) in [6.07, 6.45) is 13.3. The summed E-state index contributed by atoms with van der Waals surface area (Å²) in [5.41, 5.74) is 4.07. The summed E-state index contributed by atoms with van der Waals surface area (Å²) in [5, 5.41) is 8.09. The Balaban J connectivity index is 1.67. The Morgan fingerprint density at radius 1 is 1.09 bits per heavy atom. The number of fused-ring (bicyclic) bond motifs is 6. The zero-order valence-electron chi connectivity index (χ0n) is 20.3. The maximum atomic E-state index is 13.4. The molecule has 2 unspecified atom stereocenters. The van der Waals surface area contributed by atoms with Gasteiger partial charge in [0.15, 0.2) is 0 Å². The van der Waals surface area contributed by atoms with Crippen molar-refractivity contribution in [3.05, 3.63) is 70.2 Å². The van der Waals surface area contributed by atoms with Gasteiger partial charge in [0.25, 0.3) is 11.8 Å². The third-order valence-electron chi connectivity index (χ3n) is 6.73. The summed E-state index contributed by atoms with van der Waals surface area (Å²) in [6, 6.07) is 4.45. The van der Waals surface area contributed by atoms with Crippen LogP contribution in [-0.4, -0.2) is 41.3 Å². The van der Waals surface area contributed by atoms with Crippen molar-refractivity contribution < 1.29 is 9.59 Å². The van der Waals surface area contributed by atoms with Crippen molar-refractivity contribution in [3.63, 3.8) is 0 Å². The fraction of sp³-hybridized carbons (Fsp3) is 0.444. The van der Waals surface area contributed by atoms with Gasteiger partial charge in [-0.2, -0.15) is 0 Å². The number of hydrogen-bond acceptors (Lipinski definition) is 5. The predicted octanol–water partition coefficient (Wildman–Crippen LogP) is 4.53. The van der Waals surface area contributed by atoms with Crippen LogP contribution in [0.5, 0.6) is 0 Å². The second kappa shape index (κ2) is 11.1. The zero-order valence-corrected chi connectivity index (χ0v) is 21.1. The van der Waals surface area contributed by atoms with Crippen molar-refractivity contribution in [1.29, 1.82) is 0 Å². The number of hydrogen-bond donors (Lipinski definition) is 2. The second-order valence-corrected chi connectivity index (χ2v) is 10.3. The molecular weight excluding hydrogens is 444 g/mol. The van der Waals surface area contributed by atoms with Crippen LogP contribution in [0.15, 0.2) is 58.9 Å². The molecular formula is C27H34N4O2S. The molecule has 4 rings (SSSR count). The van der Waals surface area contributed by atoms with Gasteiger partial charge in [0.1, 0.15) is 0 Å². The molecule has 0 fully saturated rings. The Kier molecular flexibility index (Phi) is 7.93. The van der Waals surface area contributed by atoms with E-state index in [2.05, 4.69) is 46.5 Å². The first kappa shape index (κ1) is 24.3. The van der Waals surface area contributed by atoms with Gasteiger partial charge in [-0.3, -0.25) is 14.6 Å². The molecule has 2 amide bonds. The van der Waals surface area contributed by atoms with E-state index in [1.165, 1.54) is 0 Å². The molecule has 1 aromatic heterocycles. The fourth-order valence-corrected chi connectivity index (χ4v) is 5.36. The Bertz CT molecular complexity index is 1070. The van der Waals surface area contributed by atoms with Crippen LogP contribution in [0.4, 0.5) is 0 Å². The number of nitrogens with one attached hydrogen (secondary N) is 2. The van der Waals surface area contributed by atoms with Crippen LogP contribution in [0.1, 0.15) is 57.2 Å². The van der Waals surface area contributed by atoms with Crippen LogP contribution in [0.25, 0.3) is 4.91 Å². The summed E-state index contributed by atoms with van der Waals surface area (Å²) in [7, 11) is 1.98. The molecule has 0 saturated heterocycles. The smallest absolute Gasteiger partial charge is 0.253 e. The molecule has 0 aliphatic carbocycles. The molecule has 180 valence electrons. The lowest BCUT2D eigenvalue weighted by atomic mass is 9.97. The Morgan fingerprint density at radius 2 is 1.94 bits per heavy atom. The Morgan fingerprint density at radius 3 is 2.79 bits per heavy atom. The van der Waals surface area contributed by atoms with Gasteiger partial charge in [0.05, 0.1) is 11.3 Å². The predicted molar refractivity (Wildman–Crippen MR) is 138 cm³/mol. The molecule has 3 aliphatic heterocycles. The maximum Gasteiger partial charge on any atom is 0.253 e. The molecule has 1 aromatic rings. The van der Waals surface area contributed by atoms with Crippen molar-refractivity contribution >= 4 is 28.5 Å². The van der Waals surface area contributed by atoms with Gasteiger partial charge in [-0.25, -0.2) is 0 Å². The molecule has 0 aromatic carbocycles. The average molecular weight is 479 g/mol. The van der Waals surface area contributed by atoms with Crippen LogP contribution in [0.3, 0.4) is 0 Å². The molecule has 0 spiro atoms. The maximum absolute atomic E-state index is 13.4. The highest BCUT2D eigenvalue weighted by molar-refractivity contribution is 8.11. The number of carbonyl (C=O) groups is 2. The number of aromatic nitrogens is 1. The summed E-state index contributed by atoms with van der Waals surface area (Å²) < 4.78 is 0. The first-order chi connectivity index (χ1) is 16.4. The van der Waals surface area contributed by atoms with Gasteiger partial charge in [-0.05, 0) is 68.0 Å². The second-order valence-electron chi connectivity index (χ2n) is 9.36. The SMILES string of the molecule is CC1CC=C2SC=C1C(=O)NC1=CN(C)C(C)CC=C1C(=O)NCCCCCc1cc2ccn1. The molecule has 2 N–H and O–H groups in total. The van der Waals surface area contributed by atoms with Gasteiger partial charge in [0.2, 0.25) is 0 Å². The number of aryl methyl sites for hydroxylation is 1. The van der Waals surface area contributed by atoms with E-state index < -0.39 is 0 Å². The van der Waals surface area contributed by atoms with Crippen LogP contribution < -0.4 is 10.6 Å². The van der Waals surface area contributed by atoms with E-state index in [9.17, 15) is 9.59 Å². The van der Waals surface area contributed by atoms with E-state index in [1.807, 2.05) is 37.0 Å². The van der Waals surface area contributed by atoms with Crippen molar-refractivity contribution in [2.45, 2.75) is 58.4 Å². The van der Waals surface area contributed by atoms with E-state index in [0.717, 1.165) is 60.3 Å². The Labute approximate surface area is 206 Å². The number of thioether (sulfide) groups is 1. The first-order valence-corrected chi connectivity index (χ1v) is 13.1. The highest BCUT2D eigenvalue weighted by Crippen LogP contribution is 2.36. The minimum absolute atomic E-state index is 0.0673. The number of nitrogens with zero attached hydrogens (tertiary/aromatic N) is 2. The van der Waals surface area contributed by atoms with E-state index in [-0.39, 0.29) is 23.8 Å². The molecule has 3 aliphatic rings. The van der Waals surface area contributed by atoms with Gasteiger partial charge >= 0.3 is 0 Å². The highest BCUT2D eigenvalue weighted by atomic mass is 32.2. The number of pyridine rings is 1. The zero-order chi connectivity index (χ0) is 24.1. The number of allylic oxidation sites excluding steroid dienone is 1. The summed E-state index contributed by atoms with van der Waals surface area (Å²) >= 11 is 1.59. The van der Waals surface area contributed by atoms with E-state index >= 15 is 0 Å². The number of amides is 2. The molecule has 0 radical (unpaired) electrons. The summed E-state index contributed by atoms with van der Waals surface area (Å²) in [4.78, 5) is 34.3. The molecule has 34 heavy (non-hydrogen) atoms. The minimum Gasteiger partial charge on any atom is -0.376 e.